The van der Waals surface area contributed by atoms with Crippen molar-refractivity contribution in [3.63, 3.8) is 0 Å². The van der Waals surface area contributed by atoms with E-state index >= 15 is 0 Å². The molecule has 4 heteroatoms. The molecule has 3 nitrogen and oxygen atoms in total. The third-order valence-electron chi connectivity index (χ3n) is 4.32. The topological polar surface area (TPSA) is 32.3 Å². The molecule has 1 N–H and O–H groups in total. The summed E-state index contributed by atoms with van der Waals surface area (Å²) >= 11 is 1.70. The van der Waals surface area contributed by atoms with Gasteiger partial charge in [-0.2, -0.15) is 0 Å². The fraction of sp³-hybridized carbons (Fsp3) is 0.611. The monoisotopic (exact) mass is 320 g/mol. The Balaban J connectivity index is 1.66. The fourth-order valence-corrected chi connectivity index (χ4v) is 3.63. The largest absolute Gasteiger partial charge is 0.355 e. The lowest BCUT2D eigenvalue weighted by atomic mass is 10.1. The van der Waals surface area contributed by atoms with Gasteiger partial charge in [0.25, 0.3) is 0 Å². The Hall–Kier alpha value is -1.00. The SMILES string of the molecule is CC(C)N1CC[C@H](CNC(=O)[C@@H](C)SCc2ccccc2)C1. The van der Waals surface area contributed by atoms with Crippen molar-refractivity contribution < 1.29 is 4.79 Å². The van der Waals surface area contributed by atoms with Gasteiger partial charge in [0.15, 0.2) is 0 Å². The van der Waals surface area contributed by atoms with Gasteiger partial charge < -0.3 is 10.2 Å². The minimum Gasteiger partial charge on any atom is -0.355 e. The van der Waals surface area contributed by atoms with E-state index in [1.807, 2.05) is 25.1 Å². The lowest BCUT2D eigenvalue weighted by molar-refractivity contribution is -0.120. The maximum Gasteiger partial charge on any atom is 0.232 e. The molecule has 0 saturated carbocycles. The molecule has 0 aromatic heterocycles. The number of hydrogen-bond donors (Lipinski definition) is 1. The van der Waals surface area contributed by atoms with Gasteiger partial charge in [-0.25, -0.2) is 0 Å². The molecule has 2 rings (SSSR count). The molecule has 0 unspecified atom stereocenters. The zero-order valence-corrected chi connectivity index (χ0v) is 14.7. The summed E-state index contributed by atoms with van der Waals surface area (Å²) in [5.41, 5.74) is 1.27. The first kappa shape index (κ1) is 17.4. The summed E-state index contributed by atoms with van der Waals surface area (Å²) in [5, 5.41) is 3.14. The molecule has 1 aliphatic rings. The average Bonchev–Trinajstić information content (AvgIpc) is 3.00. The van der Waals surface area contributed by atoms with Crippen LogP contribution < -0.4 is 5.32 Å². The molecule has 1 aromatic carbocycles. The summed E-state index contributed by atoms with van der Waals surface area (Å²) < 4.78 is 0. The van der Waals surface area contributed by atoms with E-state index in [1.165, 1.54) is 12.0 Å². The van der Waals surface area contributed by atoms with Crippen LogP contribution >= 0.6 is 11.8 Å². The molecule has 0 aliphatic carbocycles. The van der Waals surface area contributed by atoms with Crippen molar-refractivity contribution >= 4 is 17.7 Å². The summed E-state index contributed by atoms with van der Waals surface area (Å²) in [7, 11) is 0. The van der Waals surface area contributed by atoms with Gasteiger partial charge in [0.2, 0.25) is 5.91 Å². The number of nitrogens with one attached hydrogen (secondary N) is 1. The second-order valence-corrected chi connectivity index (χ2v) is 7.76. The number of nitrogens with zero attached hydrogens (tertiary/aromatic N) is 1. The van der Waals surface area contributed by atoms with Crippen molar-refractivity contribution in [2.75, 3.05) is 19.6 Å². The second kappa shape index (κ2) is 8.59. The van der Waals surface area contributed by atoms with E-state index in [1.54, 1.807) is 11.8 Å². The molecule has 122 valence electrons. The Bertz CT molecular complexity index is 463. The van der Waals surface area contributed by atoms with E-state index in [0.717, 1.165) is 25.4 Å². The predicted octanol–water partition coefficient (Wildman–Crippen LogP) is 3.15. The summed E-state index contributed by atoms with van der Waals surface area (Å²) in [4.78, 5) is 14.7. The van der Waals surface area contributed by atoms with Gasteiger partial charge in [-0.3, -0.25) is 4.79 Å². The molecule has 1 saturated heterocycles. The van der Waals surface area contributed by atoms with Crippen LogP contribution in [0, 0.1) is 5.92 Å². The minimum atomic E-state index is 0.00260. The van der Waals surface area contributed by atoms with E-state index in [9.17, 15) is 4.79 Å². The molecular weight excluding hydrogens is 292 g/mol. The van der Waals surface area contributed by atoms with Crippen molar-refractivity contribution in [1.82, 2.24) is 10.2 Å². The first-order valence-electron chi connectivity index (χ1n) is 8.23. The molecule has 1 aromatic rings. The summed E-state index contributed by atoms with van der Waals surface area (Å²) in [6.07, 6.45) is 1.20. The first-order chi connectivity index (χ1) is 10.6. The molecule has 1 amide bonds. The third-order valence-corrected chi connectivity index (χ3v) is 5.54. The highest BCUT2D eigenvalue weighted by molar-refractivity contribution is 7.99. The lowest BCUT2D eigenvalue weighted by Gasteiger charge is -2.20. The molecule has 1 heterocycles. The van der Waals surface area contributed by atoms with Crippen LogP contribution in [-0.2, 0) is 10.5 Å². The van der Waals surface area contributed by atoms with Crippen molar-refractivity contribution in [2.24, 2.45) is 5.92 Å². The van der Waals surface area contributed by atoms with Crippen LogP contribution in [0.1, 0.15) is 32.8 Å². The van der Waals surface area contributed by atoms with Gasteiger partial charge in [0, 0.05) is 24.9 Å². The average molecular weight is 321 g/mol. The molecule has 1 aliphatic heterocycles. The van der Waals surface area contributed by atoms with E-state index in [4.69, 9.17) is 0 Å². The van der Waals surface area contributed by atoms with E-state index in [2.05, 4.69) is 36.2 Å². The summed E-state index contributed by atoms with van der Waals surface area (Å²) in [5.74, 6) is 1.67. The van der Waals surface area contributed by atoms with Gasteiger partial charge in [0.1, 0.15) is 0 Å². The second-order valence-electron chi connectivity index (χ2n) is 6.43. The Labute approximate surface area is 138 Å². The molecule has 1 fully saturated rings. The van der Waals surface area contributed by atoms with Crippen molar-refractivity contribution in [3.05, 3.63) is 35.9 Å². The van der Waals surface area contributed by atoms with Crippen LogP contribution in [0.25, 0.3) is 0 Å². The van der Waals surface area contributed by atoms with E-state index in [0.29, 0.717) is 12.0 Å². The standard InChI is InChI=1S/C18H28N2OS/c1-14(2)20-10-9-17(12-20)11-19-18(21)15(3)22-13-16-7-5-4-6-8-16/h4-8,14-15,17H,9-13H2,1-3H3,(H,19,21)/t15-,17-/m1/s1. The van der Waals surface area contributed by atoms with Crippen LogP contribution in [0.4, 0.5) is 0 Å². The number of rotatable bonds is 7. The number of carbonyl (C=O) groups excluding carboxylic acids is 1. The maximum absolute atomic E-state index is 12.2. The Morgan fingerprint density at radius 1 is 1.32 bits per heavy atom. The maximum atomic E-state index is 12.2. The van der Waals surface area contributed by atoms with Crippen molar-refractivity contribution in [3.8, 4) is 0 Å². The Morgan fingerprint density at radius 3 is 2.68 bits per heavy atom. The Kier molecular flexibility index (Phi) is 6.77. The number of likely N-dealkylation sites (tertiary alicyclic amines) is 1. The third kappa shape index (κ3) is 5.33. The van der Waals surface area contributed by atoms with Crippen LogP contribution in [0.15, 0.2) is 30.3 Å². The van der Waals surface area contributed by atoms with Gasteiger partial charge in [-0.1, -0.05) is 30.3 Å². The number of amides is 1. The van der Waals surface area contributed by atoms with Gasteiger partial charge in [-0.15, -0.1) is 11.8 Å². The molecule has 22 heavy (non-hydrogen) atoms. The van der Waals surface area contributed by atoms with E-state index in [-0.39, 0.29) is 11.2 Å². The summed E-state index contributed by atoms with van der Waals surface area (Å²) in [6.45, 7) is 9.57. The van der Waals surface area contributed by atoms with Crippen LogP contribution in [0.5, 0.6) is 0 Å². The normalized spacial score (nSPS) is 20.3. The smallest absolute Gasteiger partial charge is 0.232 e. The highest BCUT2D eigenvalue weighted by Crippen LogP contribution is 2.19. The number of hydrogen-bond acceptors (Lipinski definition) is 3. The lowest BCUT2D eigenvalue weighted by Crippen LogP contribution is -2.36. The molecule has 0 radical (unpaired) electrons. The quantitative estimate of drug-likeness (QED) is 0.837. The number of benzene rings is 1. The number of thioether (sulfide) groups is 1. The predicted molar refractivity (Wildman–Crippen MR) is 95.0 cm³/mol. The molecule has 0 spiro atoms. The summed E-state index contributed by atoms with van der Waals surface area (Å²) in [6, 6.07) is 10.9. The van der Waals surface area contributed by atoms with Gasteiger partial charge in [0.05, 0.1) is 5.25 Å². The van der Waals surface area contributed by atoms with Crippen molar-refractivity contribution in [2.45, 2.75) is 44.2 Å². The van der Waals surface area contributed by atoms with E-state index < -0.39 is 0 Å². The molecular formula is C18H28N2OS. The highest BCUT2D eigenvalue weighted by Gasteiger charge is 2.25. The zero-order valence-electron chi connectivity index (χ0n) is 13.9. The highest BCUT2D eigenvalue weighted by atomic mass is 32.2. The first-order valence-corrected chi connectivity index (χ1v) is 9.28. The van der Waals surface area contributed by atoms with Gasteiger partial charge >= 0.3 is 0 Å². The molecule has 0 bridgehead atoms. The number of carbonyl (C=O) groups is 1. The molecule has 2 atom stereocenters. The van der Waals surface area contributed by atoms with Gasteiger partial charge in [-0.05, 0) is 45.2 Å². The van der Waals surface area contributed by atoms with Crippen LogP contribution in [0.2, 0.25) is 0 Å². The Morgan fingerprint density at radius 2 is 2.05 bits per heavy atom. The fourth-order valence-electron chi connectivity index (χ4n) is 2.76. The zero-order chi connectivity index (χ0) is 15.9. The van der Waals surface area contributed by atoms with Crippen LogP contribution in [-0.4, -0.2) is 41.7 Å². The van der Waals surface area contributed by atoms with Crippen molar-refractivity contribution in [1.29, 1.82) is 0 Å². The van der Waals surface area contributed by atoms with Crippen LogP contribution in [0.3, 0.4) is 0 Å². The minimum absolute atomic E-state index is 0.00260.